The van der Waals surface area contributed by atoms with Gasteiger partial charge < -0.3 is 5.32 Å². The lowest BCUT2D eigenvalue weighted by atomic mass is 10.0. The molecule has 2 nitrogen and oxygen atoms in total. The van der Waals surface area contributed by atoms with E-state index in [-0.39, 0.29) is 18.2 Å². The van der Waals surface area contributed by atoms with Crippen LogP contribution in [0.1, 0.15) is 24.0 Å². The molecule has 0 unspecified atom stereocenters. The number of rotatable bonds is 3. The lowest BCUT2D eigenvalue weighted by molar-refractivity contribution is 0.194. The normalized spacial score (nSPS) is 17.5. The van der Waals surface area contributed by atoms with Gasteiger partial charge in [0.1, 0.15) is 5.82 Å². The molecule has 1 aliphatic rings. The number of aryl methyl sites for hydroxylation is 1. The molecule has 0 saturated carbocycles. The minimum absolute atomic E-state index is 0. The Kier molecular flexibility index (Phi) is 6.06. The summed E-state index contributed by atoms with van der Waals surface area (Å²) in [5, 5.41) is 3.33. The van der Waals surface area contributed by atoms with E-state index in [1.165, 1.54) is 18.4 Å². The molecule has 1 aromatic carbocycles. The van der Waals surface area contributed by atoms with Crippen LogP contribution >= 0.6 is 12.4 Å². The minimum Gasteiger partial charge on any atom is -0.317 e. The molecule has 18 heavy (non-hydrogen) atoms. The lowest BCUT2D eigenvalue weighted by Gasteiger charge is -2.31. The summed E-state index contributed by atoms with van der Waals surface area (Å²) in [4.78, 5) is 2.44. The smallest absolute Gasteiger partial charge is 0.126 e. The van der Waals surface area contributed by atoms with Crippen molar-refractivity contribution in [2.24, 2.45) is 0 Å². The molecule has 1 fully saturated rings. The highest BCUT2D eigenvalue weighted by molar-refractivity contribution is 5.85. The third-order valence-corrected chi connectivity index (χ3v) is 3.62. The molecule has 0 bridgehead atoms. The van der Waals surface area contributed by atoms with Gasteiger partial charge in [-0.1, -0.05) is 12.1 Å². The molecule has 1 saturated heterocycles. The average molecular weight is 273 g/mol. The number of hydrogen-bond acceptors (Lipinski definition) is 2. The Morgan fingerprint density at radius 2 is 2.00 bits per heavy atom. The predicted octanol–water partition coefficient (Wildman–Crippen LogP) is 2.74. The van der Waals surface area contributed by atoms with Gasteiger partial charge in [-0.15, -0.1) is 12.4 Å². The Labute approximate surface area is 115 Å². The molecule has 0 aliphatic carbocycles. The summed E-state index contributed by atoms with van der Waals surface area (Å²) in [5.74, 6) is -0.109. The van der Waals surface area contributed by atoms with Crippen molar-refractivity contribution in [1.29, 1.82) is 0 Å². The first-order valence-corrected chi connectivity index (χ1v) is 6.33. The summed E-state index contributed by atoms with van der Waals surface area (Å²) in [6.07, 6.45) is 2.41. The Hall–Kier alpha value is -0.640. The number of benzene rings is 1. The maximum absolute atomic E-state index is 13.2. The number of hydrogen-bond donors (Lipinski definition) is 1. The molecule has 1 aromatic rings. The Bertz CT molecular complexity index is 376. The molecule has 0 aromatic heterocycles. The minimum atomic E-state index is -0.109. The van der Waals surface area contributed by atoms with Gasteiger partial charge in [-0.05, 0) is 57.1 Å². The highest BCUT2D eigenvalue weighted by Crippen LogP contribution is 2.15. The maximum atomic E-state index is 13.2. The van der Waals surface area contributed by atoms with Crippen molar-refractivity contribution in [3.8, 4) is 0 Å². The molecular formula is C14H22ClFN2. The first kappa shape index (κ1) is 15.4. The Morgan fingerprint density at radius 1 is 1.33 bits per heavy atom. The average Bonchev–Trinajstić information content (AvgIpc) is 2.35. The second kappa shape index (κ2) is 7.07. The summed E-state index contributed by atoms with van der Waals surface area (Å²) < 4.78 is 13.2. The largest absolute Gasteiger partial charge is 0.317 e. The molecule has 4 heteroatoms. The number of nitrogens with zero attached hydrogens (tertiary/aromatic N) is 1. The quantitative estimate of drug-likeness (QED) is 0.910. The Morgan fingerprint density at radius 3 is 2.56 bits per heavy atom. The van der Waals surface area contributed by atoms with Gasteiger partial charge in [0.05, 0.1) is 0 Å². The zero-order valence-corrected chi connectivity index (χ0v) is 11.9. The fourth-order valence-corrected chi connectivity index (χ4v) is 2.44. The Balaban J connectivity index is 0.00000162. The molecule has 0 amide bonds. The molecule has 0 spiro atoms. The second-order valence-electron chi connectivity index (χ2n) is 4.92. The summed E-state index contributed by atoms with van der Waals surface area (Å²) in [6, 6.07) is 6.10. The van der Waals surface area contributed by atoms with Gasteiger partial charge in [-0.3, -0.25) is 4.90 Å². The molecule has 0 atom stereocenters. The molecule has 2 rings (SSSR count). The van der Waals surface area contributed by atoms with E-state index >= 15 is 0 Å². The number of piperidine rings is 1. The topological polar surface area (TPSA) is 15.3 Å². The van der Waals surface area contributed by atoms with E-state index in [0.29, 0.717) is 6.04 Å². The highest BCUT2D eigenvalue weighted by atomic mass is 35.5. The van der Waals surface area contributed by atoms with Crippen LogP contribution in [0.4, 0.5) is 4.39 Å². The molecular weight excluding hydrogens is 251 g/mol. The van der Waals surface area contributed by atoms with E-state index in [2.05, 4.69) is 10.2 Å². The van der Waals surface area contributed by atoms with Crippen LogP contribution in [0, 0.1) is 12.7 Å². The number of halogens is 2. The van der Waals surface area contributed by atoms with E-state index in [0.717, 1.165) is 25.2 Å². The van der Waals surface area contributed by atoms with E-state index in [1.807, 2.05) is 26.1 Å². The van der Waals surface area contributed by atoms with Gasteiger partial charge >= 0.3 is 0 Å². The fourth-order valence-electron chi connectivity index (χ4n) is 2.44. The SMILES string of the molecule is CNC1CCN(Cc2ccc(F)c(C)c2)CC1.Cl. The molecule has 1 N–H and O–H groups in total. The van der Waals surface area contributed by atoms with Crippen molar-refractivity contribution in [3.05, 3.63) is 35.1 Å². The van der Waals surface area contributed by atoms with Crippen LogP contribution in [0.3, 0.4) is 0 Å². The van der Waals surface area contributed by atoms with Gasteiger partial charge in [-0.2, -0.15) is 0 Å². The first-order valence-electron chi connectivity index (χ1n) is 6.33. The lowest BCUT2D eigenvalue weighted by Crippen LogP contribution is -2.40. The van der Waals surface area contributed by atoms with Gasteiger partial charge in [0, 0.05) is 12.6 Å². The fraction of sp³-hybridized carbons (Fsp3) is 0.571. The summed E-state index contributed by atoms with van der Waals surface area (Å²) in [5.41, 5.74) is 1.96. The maximum Gasteiger partial charge on any atom is 0.126 e. The van der Waals surface area contributed by atoms with Crippen molar-refractivity contribution in [3.63, 3.8) is 0 Å². The van der Waals surface area contributed by atoms with E-state index < -0.39 is 0 Å². The number of nitrogens with one attached hydrogen (secondary N) is 1. The molecule has 0 radical (unpaired) electrons. The number of likely N-dealkylation sites (tertiary alicyclic amines) is 1. The van der Waals surface area contributed by atoms with Gasteiger partial charge in [0.25, 0.3) is 0 Å². The van der Waals surface area contributed by atoms with Crippen molar-refractivity contribution in [1.82, 2.24) is 10.2 Å². The third kappa shape index (κ3) is 3.94. The van der Waals surface area contributed by atoms with Gasteiger partial charge in [0.15, 0.2) is 0 Å². The van der Waals surface area contributed by atoms with Crippen molar-refractivity contribution in [2.75, 3.05) is 20.1 Å². The van der Waals surface area contributed by atoms with E-state index in [4.69, 9.17) is 0 Å². The zero-order chi connectivity index (χ0) is 12.3. The van der Waals surface area contributed by atoms with Crippen molar-refractivity contribution < 1.29 is 4.39 Å². The molecule has 1 heterocycles. The van der Waals surface area contributed by atoms with E-state index in [9.17, 15) is 4.39 Å². The monoisotopic (exact) mass is 272 g/mol. The molecule has 102 valence electrons. The van der Waals surface area contributed by atoms with Gasteiger partial charge in [0.2, 0.25) is 0 Å². The highest BCUT2D eigenvalue weighted by Gasteiger charge is 2.17. The van der Waals surface area contributed by atoms with Crippen LogP contribution in [0.15, 0.2) is 18.2 Å². The zero-order valence-electron chi connectivity index (χ0n) is 11.1. The summed E-state index contributed by atoms with van der Waals surface area (Å²) >= 11 is 0. The van der Waals surface area contributed by atoms with Crippen LogP contribution in [-0.4, -0.2) is 31.1 Å². The van der Waals surface area contributed by atoms with E-state index in [1.54, 1.807) is 6.07 Å². The van der Waals surface area contributed by atoms with Crippen LogP contribution in [0.25, 0.3) is 0 Å². The van der Waals surface area contributed by atoms with Crippen molar-refractivity contribution >= 4 is 12.4 Å². The predicted molar refractivity (Wildman–Crippen MR) is 75.7 cm³/mol. The van der Waals surface area contributed by atoms with Crippen LogP contribution < -0.4 is 5.32 Å². The standard InChI is InChI=1S/C14H21FN2.ClH/c1-11-9-12(3-4-14(11)15)10-17-7-5-13(16-2)6-8-17;/h3-4,9,13,16H,5-8,10H2,1-2H3;1H. The van der Waals surface area contributed by atoms with Crippen LogP contribution in [0.2, 0.25) is 0 Å². The first-order chi connectivity index (χ1) is 8.19. The second-order valence-corrected chi connectivity index (χ2v) is 4.92. The summed E-state index contributed by atoms with van der Waals surface area (Å²) in [6.45, 7) is 5.02. The molecule has 1 aliphatic heterocycles. The van der Waals surface area contributed by atoms with Crippen LogP contribution in [-0.2, 0) is 6.54 Å². The summed E-state index contributed by atoms with van der Waals surface area (Å²) in [7, 11) is 2.03. The van der Waals surface area contributed by atoms with Gasteiger partial charge in [-0.25, -0.2) is 4.39 Å². The third-order valence-electron chi connectivity index (χ3n) is 3.62. The van der Waals surface area contributed by atoms with Crippen LogP contribution in [0.5, 0.6) is 0 Å². The van der Waals surface area contributed by atoms with Crippen molar-refractivity contribution in [2.45, 2.75) is 32.4 Å².